The highest BCUT2D eigenvalue weighted by Gasteiger charge is 1.94. The highest BCUT2D eigenvalue weighted by molar-refractivity contribution is 5.14. The first kappa shape index (κ1) is 18.2. The molecule has 0 unspecified atom stereocenters. The molecule has 0 bridgehead atoms. The zero-order chi connectivity index (χ0) is 15.0. The van der Waals surface area contributed by atoms with Crippen LogP contribution in [0.15, 0.2) is 30.3 Å². The molecule has 21 heavy (non-hydrogen) atoms. The fraction of sp³-hybridized carbons (Fsp3) is 0.650. The molecule has 1 heteroatoms. The Morgan fingerprint density at radius 3 is 1.90 bits per heavy atom. The largest absolute Gasteiger partial charge is 0.381 e. The van der Waals surface area contributed by atoms with Gasteiger partial charge in [0.2, 0.25) is 0 Å². The molecule has 0 heterocycles. The topological polar surface area (TPSA) is 9.23 Å². The molecular weight excluding hydrogens is 256 g/mol. The number of hydrogen-bond acceptors (Lipinski definition) is 1. The Hall–Kier alpha value is -0.820. The van der Waals surface area contributed by atoms with Crippen molar-refractivity contribution < 1.29 is 4.74 Å². The minimum Gasteiger partial charge on any atom is -0.381 e. The Morgan fingerprint density at radius 1 is 0.667 bits per heavy atom. The van der Waals surface area contributed by atoms with Crippen LogP contribution in [0.2, 0.25) is 0 Å². The fourth-order valence-electron chi connectivity index (χ4n) is 2.54. The molecular formula is C20H33O. The van der Waals surface area contributed by atoms with Gasteiger partial charge in [-0.2, -0.15) is 0 Å². The van der Waals surface area contributed by atoms with Crippen LogP contribution in [0.4, 0.5) is 0 Å². The van der Waals surface area contributed by atoms with E-state index in [1.165, 1.54) is 69.8 Å². The van der Waals surface area contributed by atoms with E-state index in [0.717, 1.165) is 19.6 Å². The van der Waals surface area contributed by atoms with Crippen molar-refractivity contribution in [2.24, 2.45) is 0 Å². The van der Waals surface area contributed by atoms with Gasteiger partial charge in [-0.25, -0.2) is 0 Å². The Kier molecular flexibility index (Phi) is 12.3. The van der Waals surface area contributed by atoms with E-state index in [-0.39, 0.29) is 0 Å². The van der Waals surface area contributed by atoms with Crippen LogP contribution in [-0.2, 0) is 11.2 Å². The van der Waals surface area contributed by atoms with Gasteiger partial charge in [0, 0.05) is 13.2 Å². The predicted molar refractivity (Wildman–Crippen MR) is 92.5 cm³/mol. The SMILES string of the molecule is [CH2]CCCCCOCCCCCCCCc1ccccc1. The van der Waals surface area contributed by atoms with Gasteiger partial charge in [-0.15, -0.1) is 0 Å². The number of hydrogen-bond donors (Lipinski definition) is 0. The molecule has 0 fully saturated rings. The summed E-state index contributed by atoms with van der Waals surface area (Å²) in [5, 5.41) is 0. The van der Waals surface area contributed by atoms with Crippen molar-refractivity contribution in [3.63, 3.8) is 0 Å². The summed E-state index contributed by atoms with van der Waals surface area (Å²) in [5.41, 5.74) is 1.48. The summed E-state index contributed by atoms with van der Waals surface area (Å²) in [5.74, 6) is 0. The van der Waals surface area contributed by atoms with Crippen molar-refractivity contribution in [1.29, 1.82) is 0 Å². The van der Waals surface area contributed by atoms with Crippen LogP contribution in [0.3, 0.4) is 0 Å². The van der Waals surface area contributed by atoms with Crippen LogP contribution in [0, 0.1) is 6.92 Å². The molecule has 0 atom stereocenters. The maximum Gasteiger partial charge on any atom is 0.0466 e. The summed E-state index contributed by atoms with van der Waals surface area (Å²) in [6, 6.07) is 10.8. The smallest absolute Gasteiger partial charge is 0.0466 e. The van der Waals surface area contributed by atoms with Crippen LogP contribution in [0.25, 0.3) is 0 Å². The summed E-state index contributed by atoms with van der Waals surface area (Å²) >= 11 is 0. The van der Waals surface area contributed by atoms with Crippen LogP contribution in [0.5, 0.6) is 0 Å². The quantitative estimate of drug-likeness (QED) is 0.383. The Morgan fingerprint density at radius 2 is 1.24 bits per heavy atom. The van der Waals surface area contributed by atoms with E-state index in [0.29, 0.717) is 0 Å². The molecule has 0 amide bonds. The number of ether oxygens (including phenoxy) is 1. The lowest BCUT2D eigenvalue weighted by Gasteiger charge is -2.04. The summed E-state index contributed by atoms with van der Waals surface area (Å²) in [6.07, 6.45) is 14.0. The zero-order valence-corrected chi connectivity index (χ0v) is 13.7. The maximum atomic E-state index is 5.65. The van der Waals surface area contributed by atoms with E-state index in [9.17, 15) is 0 Å². The average Bonchev–Trinajstić information content (AvgIpc) is 2.53. The fourth-order valence-corrected chi connectivity index (χ4v) is 2.54. The Labute approximate surface area is 132 Å². The van der Waals surface area contributed by atoms with Crippen molar-refractivity contribution in [3.05, 3.63) is 42.8 Å². The minimum absolute atomic E-state index is 0.942. The summed E-state index contributed by atoms with van der Waals surface area (Å²) in [4.78, 5) is 0. The molecule has 0 saturated heterocycles. The van der Waals surface area contributed by atoms with Gasteiger partial charge in [-0.3, -0.25) is 0 Å². The molecule has 1 nitrogen and oxygen atoms in total. The second-order valence-corrected chi connectivity index (χ2v) is 5.88. The van der Waals surface area contributed by atoms with Crippen molar-refractivity contribution in [1.82, 2.24) is 0 Å². The number of aryl methyl sites for hydroxylation is 1. The van der Waals surface area contributed by atoms with E-state index in [1.807, 2.05) is 0 Å². The van der Waals surface area contributed by atoms with Crippen LogP contribution in [0.1, 0.15) is 69.8 Å². The van der Waals surface area contributed by atoms with Gasteiger partial charge in [0.1, 0.15) is 0 Å². The number of rotatable bonds is 14. The Bertz CT molecular complexity index is 307. The van der Waals surface area contributed by atoms with E-state index < -0.39 is 0 Å². The Balaban J connectivity index is 1.75. The standard InChI is InChI=1S/C20H33O/c1-2-3-4-13-18-21-19-14-8-6-5-7-10-15-20-16-11-9-12-17-20/h9,11-12,16-17H,1-8,10,13-15,18-19H2. The third kappa shape index (κ3) is 11.5. The van der Waals surface area contributed by atoms with Crippen molar-refractivity contribution >= 4 is 0 Å². The van der Waals surface area contributed by atoms with Gasteiger partial charge in [0.25, 0.3) is 0 Å². The minimum atomic E-state index is 0.942. The first-order chi connectivity index (χ1) is 10.4. The van der Waals surface area contributed by atoms with Gasteiger partial charge in [-0.1, -0.05) is 82.2 Å². The van der Waals surface area contributed by atoms with E-state index in [4.69, 9.17) is 4.74 Å². The van der Waals surface area contributed by atoms with Crippen LogP contribution in [-0.4, -0.2) is 13.2 Å². The van der Waals surface area contributed by atoms with Gasteiger partial charge in [0.15, 0.2) is 0 Å². The third-order valence-electron chi connectivity index (χ3n) is 3.89. The molecule has 119 valence electrons. The molecule has 0 aliphatic rings. The summed E-state index contributed by atoms with van der Waals surface area (Å²) < 4.78 is 5.65. The van der Waals surface area contributed by atoms with E-state index in [2.05, 4.69) is 37.3 Å². The third-order valence-corrected chi connectivity index (χ3v) is 3.89. The molecule has 1 aromatic rings. The molecule has 0 N–H and O–H groups in total. The lowest BCUT2D eigenvalue weighted by atomic mass is 10.1. The highest BCUT2D eigenvalue weighted by atomic mass is 16.5. The second kappa shape index (κ2) is 14.1. The van der Waals surface area contributed by atoms with Gasteiger partial charge < -0.3 is 4.74 Å². The van der Waals surface area contributed by atoms with Gasteiger partial charge >= 0.3 is 0 Å². The molecule has 0 aromatic heterocycles. The van der Waals surface area contributed by atoms with Crippen LogP contribution >= 0.6 is 0 Å². The lowest BCUT2D eigenvalue weighted by molar-refractivity contribution is 0.126. The van der Waals surface area contributed by atoms with Crippen molar-refractivity contribution in [3.8, 4) is 0 Å². The summed E-state index contributed by atoms with van der Waals surface area (Å²) in [6.45, 7) is 5.75. The molecule has 0 saturated carbocycles. The van der Waals surface area contributed by atoms with Crippen molar-refractivity contribution in [2.45, 2.75) is 70.6 Å². The van der Waals surface area contributed by atoms with Crippen LogP contribution < -0.4 is 0 Å². The lowest BCUT2D eigenvalue weighted by Crippen LogP contribution is -1.97. The normalized spacial score (nSPS) is 10.9. The first-order valence-electron chi connectivity index (χ1n) is 8.84. The molecule has 1 aromatic carbocycles. The van der Waals surface area contributed by atoms with E-state index >= 15 is 0 Å². The number of unbranched alkanes of at least 4 members (excludes halogenated alkanes) is 8. The molecule has 0 aliphatic heterocycles. The molecule has 1 rings (SSSR count). The number of benzene rings is 1. The van der Waals surface area contributed by atoms with Crippen molar-refractivity contribution in [2.75, 3.05) is 13.2 Å². The molecule has 0 spiro atoms. The maximum absolute atomic E-state index is 5.65. The van der Waals surface area contributed by atoms with Gasteiger partial charge in [0.05, 0.1) is 0 Å². The first-order valence-corrected chi connectivity index (χ1v) is 8.84. The highest BCUT2D eigenvalue weighted by Crippen LogP contribution is 2.10. The average molecular weight is 289 g/mol. The monoisotopic (exact) mass is 289 g/mol. The summed E-state index contributed by atoms with van der Waals surface area (Å²) in [7, 11) is 0. The van der Waals surface area contributed by atoms with Gasteiger partial charge in [-0.05, 0) is 31.2 Å². The molecule has 1 radical (unpaired) electrons. The van der Waals surface area contributed by atoms with E-state index in [1.54, 1.807) is 0 Å². The molecule has 0 aliphatic carbocycles. The zero-order valence-electron chi connectivity index (χ0n) is 13.7. The second-order valence-electron chi connectivity index (χ2n) is 5.88. The predicted octanol–water partition coefficient (Wildman–Crippen LogP) is 5.98.